The number of nitrogen functional groups attached to an aromatic ring is 1. The first-order valence-electron chi connectivity index (χ1n) is 17.1. The first-order chi connectivity index (χ1) is 24.0. The van der Waals surface area contributed by atoms with Crippen LogP contribution >= 0.6 is 73.6 Å². The van der Waals surface area contributed by atoms with E-state index in [0.29, 0.717) is 44.1 Å². The Balaban J connectivity index is 1.14. The molecule has 5 heterocycles. The molecule has 1 aromatic carbocycles. The summed E-state index contributed by atoms with van der Waals surface area (Å²) in [6.07, 6.45) is 1.54. The number of alkyl halides is 9. The molecular formula is C34H46F3I3N6O3S. The van der Waals surface area contributed by atoms with Crippen molar-refractivity contribution in [2.75, 3.05) is 59.9 Å². The van der Waals surface area contributed by atoms with Crippen molar-refractivity contribution in [2.45, 2.75) is 73.8 Å². The van der Waals surface area contributed by atoms with Gasteiger partial charge < -0.3 is 0 Å². The average Bonchev–Trinajstić information content (AvgIpc) is 3.45. The van der Waals surface area contributed by atoms with E-state index in [0.717, 1.165) is 38.8 Å². The van der Waals surface area contributed by atoms with Gasteiger partial charge in [0.2, 0.25) is 0 Å². The molecule has 6 rings (SSSR count). The summed E-state index contributed by atoms with van der Waals surface area (Å²) < 4.78 is 45.5. The maximum absolute atomic E-state index is 14.5. The molecule has 3 fully saturated rings. The van der Waals surface area contributed by atoms with Crippen molar-refractivity contribution >= 4 is 100 Å². The number of carbonyl (C=O) groups excluding carboxylic acids is 3. The van der Waals surface area contributed by atoms with E-state index in [1.165, 1.54) is 67.9 Å². The summed E-state index contributed by atoms with van der Waals surface area (Å²) in [7, 11) is 0. The molecule has 1 aromatic heterocycles. The molecule has 4 aliphatic rings. The van der Waals surface area contributed by atoms with Crippen molar-refractivity contribution in [3.8, 4) is 0 Å². The predicted molar refractivity (Wildman–Crippen MR) is 221 cm³/mol. The van der Waals surface area contributed by atoms with E-state index in [4.69, 9.17) is 5.73 Å². The summed E-state index contributed by atoms with van der Waals surface area (Å²) in [4.78, 5) is 49.5. The van der Waals surface area contributed by atoms with Gasteiger partial charge in [0, 0.05) is 0 Å². The van der Waals surface area contributed by atoms with Crippen LogP contribution in [0.2, 0.25) is 0 Å². The Labute approximate surface area is 324 Å². The number of halogens is 6. The summed E-state index contributed by atoms with van der Waals surface area (Å²) in [5.74, 6) is 0. The molecule has 1 unspecified atom stereocenters. The van der Waals surface area contributed by atoms with Crippen LogP contribution < -0.4 is 16.4 Å². The summed E-state index contributed by atoms with van der Waals surface area (Å²) in [6.45, 7) is 3.67. The fourth-order valence-corrected chi connectivity index (χ4v) is 18.3. The molecule has 9 nitrogen and oxygen atoms in total. The Kier molecular flexibility index (Phi) is 13.4. The molecular weight excluding hydrogens is 1010 g/mol. The van der Waals surface area contributed by atoms with Gasteiger partial charge in [-0.2, -0.15) is 0 Å². The molecule has 4 aliphatic heterocycles. The van der Waals surface area contributed by atoms with E-state index in [1.807, 2.05) is 16.3 Å². The zero-order chi connectivity index (χ0) is 35.5. The molecule has 278 valence electrons. The van der Waals surface area contributed by atoms with Crippen LogP contribution in [0.5, 0.6) is 0 Å². The number of piperidine rings is 1. The summed E-state index contributed by atoms with van der Waals surface area (Å²) in [5.41, 5.74) is 6.60. The minimum atomic E-state index is -2.90. The Bertz CT molecular complexity index is 1510. The fraction of sp³-hybridized carbons (Fsp3) is 0.618. The van der Waals surface area contributed by atoms with Crippen LogP contribution in [0.3, 0.4) is 0 Å². The molecule has 0 spiro atoms. The van der Waals surface area contributed by atoms with Crippen molar-refractivity contribution in [1.82, 2.24) is 20.0 Å². The Morgan fingerprint density at radius 1 is 1.04 bits per heavy atom. The fourth-order valence-electron chi connectivity index (χ4n) is 7.38. The van der Waals surface area contributed by atoms with Gasteiger partial charge in [0.05, 0.1) is 0 Å². The number of thiophene rings is 1. The van der Waals surface area contributed by atoms with Crippen LogP contribution in [-0.4, -0.2) is 97.5 Å². The minimum absolute atomic E-state index is 0.000957. The van der Waals surface area contributed by atoms with Crippen LogP contribution in [-0.2, 0) is 17.8 Å². The summed E-state index contributed by atoms with van der Waals surface area (Å²) in [6, 6.07) is 3.81. The molecule has 0 saturated carbocycles. The van der Waals surface area contributed by atoms with Gasteiger partial charge in [-0.3, -0.25) is 0 Å². The predicted octanol–water partition coefficient (Wildman–Crippen LogP) is 7.84. The van der Waals surface area contributed by atoms with Crippen LogP contribution in [0, 0.1) is 0 Å². The normalized spacial score (nSPS) is 22.6. The number of urea groups is 2. The zero-order valence-electron chi connectivity index (χ0n) is 28.1. The van der Waals surface area contributed by atoms with E-state index in [9.17, 15) is 27.6 Å². The van der Waals surface area contributed by atoms with E-state index < -0.39 is 61.8 Å². The van der Waals surface area contributed by atoms with Crippen molar-refractivity contribution in [3.05, 3.63) is 45.8 Å². The summed E-state index contributed by atoms with van der Waals surface area (Å²) >= 11 is 0.0539. The van der Waals surface area contributed by atoms with Gasteiger partial charge in [-0.25, -0.2) is 0 Å². The van der Waals surface area contributed by atoms with Gasteiger partial charge in [0.25, 0.3) is 0 Å². The Morgan fingerprint density at radius 3 is 2.46 bits per heavy atom. The van der Waals surface area contributed by atoms with Gasteiger partial charge in [0.1, 0.15) is 0 Å². The number of hydrogen-bond donors (Lipinski definition) is 3. The van der Waals surface area contributed by atoms with Gasteiger partial charge in [-0.15, -0.1) is 11.3 Å². The van der Waals surface area contributed by atoms with Crippen molar-refractivity contribution in [2.24, 2.45) is 0 Å². The SMILES string of the molecule is CI1CCCN(C2CCI(C(=O)[C@@H](Cc3cc(C(F)F)c(N)c(C(F)I)c3)NC(=O)N3CCC(N4Cc5ccsc5NC4=O)CC3)CC2)CC1. The molecule has 3 saturated heterocycles. The van der Waals surface area contributed by atoms with Crippen LogP contribution in [0.25, 0.3) is 0 Å². The number of nitrogens with two attached hydrogens (primary N) is 1. The monoisotopic (exact) mass is 1060 g/mol. The second-order valence-electron chi connectivity index (χ2n) is 13.4. The van der Waals surface area contributed by atoms with Gasteiger partial charge >= 0.3 is 310 Å². The first-order valence-corrected chi connectivity index (χ1v) is 28.5. The molecule has 2 atom stereocenters. The third-order valence-electron chi connectivity index (χ3n) is 10.3. The number of amides is 4. The van der Waals surface area contributed by atoms with Gasteiger partial charge in [0.15, 0.2) is 0 Å². The second-order valence-corrected chi connectivity index (χ2v) is 27.5. The van der Waals surface area contributed by atoms with Crippen LogP contribution in [0.4, 0.5) is 33.4 Å². The van der Waals surface area contributed by atoms with E-state index >= 15 is 0 Å². The molecule has 0 radical (unpaired) electrons. The molecule has 4 amide bonds. The molecule has 0 bridgehead atoms. The topological polar surface area (TPSA) is 111 Å². The maximum atomic E-state index is 14.5. The first kappa shape index (κ1) is 38.6. The molecule has 2 aromatic rings. The summed E-state index contributed by atoms with van der Waals surface area (Å²) in [5, 5.41) is 8.81. The number of hydrogen-bond acceptors (Lipinski definition) is 6. The number of carbonyl (C=O) groups is 3. The van der Waals surface area contributed by atoms with Crippen molar-refractivity contribution in [1.29, 1.82) is 0 Å². The third-order valence-corrected chi connectivity index (χ3v) is 22.8. The van der Waals surface area contributed by atoms with E-state index in [1.54, 1.807) is 4.90 Å². The zero-order valence-corrected chi connectivity index (χ0v) is 35.4. The molecule has 16 heteroatoms. The van der Waals surface area contributed by atoms with E-state index in [2.05, 4.69) is 20.5 Å². The number of fused-ring (bicyclic) bond motifs is 1. The van der Waals surface area contributed by atoms with Crippen molar-refractivity contribution in [3.63, 3.8) is 0 Å². The number of anilines is 2. The number of rotatable bonds is 9. The Hall–Kier alpha value is -1.13. The third kappa shape index (κ3) is 9.14. The molecule has 4 N–H and O–H groups in total. The number of benzene rings is 1. The number of nitrogens with one attached hydrogen (secondary N) is 2. The van der Waals surface area contributed by atoms with Crippen LogP contribution in [0.15, 0.2) is 23.6 Å². The van der Waals surface area contributed by atoms with Crippen molar-refractivity contribution < 1.29 is 27.6 Å². The second kappa shape index (κ2) is 17.3. The van der Waals surface area contributed by atoms with Gasteiger partial charge in [-0.05, 0) is 5.38 Å². The Morgan fingerprint density at radius 2 is 1.76 bits per heavy atom. The molecule has 50 heavy (non-hydrogen) atoms. The van der Waals surface area contributed by atoms with E-state index in [-0.39, 0.29) is 39.6 Å². The van der Waals surface area contributed by atoms with Gasteiger partial charge in [-0.1, -0.05) is 0 Å². The quantitative estimate of drug-likeness (QED) is 0.103. The average molecular weight is 1060 g/mol. The van der Waals surface area contributed by atoms with Crippen LogP contribution in [0.1, 0.15) is 65.0 Å². The number of likely N-dealkylation sites (tertiary alicyclic amines) is 1. The standard InChI is InChI=1S/C34H46F3I3N6O3S/c1-39-8-2-12-44(15-11-39)23-3-9-40(10-4-23)31(47)27(19-21-17-25(29(35)36)28(41)26(18-21)30(37)38)42-33(48)45-13-5-24(6-14-45)46-20-22-7-16-50-32(22)43-34(46)49/h7,16-18,23-24,27,29-30H,2-6,8-15,19-20,41H2,1H3,(H,42,48)(H,43,49)/t27-,30?/m1/s1. The number of nitrogens with zero attached hydrogens (tertiary/aromatic N) is 3. The molecule has 0 aliphatic carbocycles.